The number of hydrogen-bond donors (Lipinski definition) is 0. The van der Waals surface area contributed by atoms with Gasteiger partial charge in [-0.15, -0.1) is 0 Å². The highest BCUT2D eigenvalue weighted by molar-refractivity contribution is 7.91. The van der Waals surface area contributed by atoms with Crippen molar-refractivity contribution in [1.29, 1.82) is 0 Å². The lowest BCUT2D eigenvalue weighted by Gasteiger charge is -2.21. The van der Waals surface area contributed by atoms with E-state index in [1.165, 1.54) is 7.11 Å². The number of hydrogen-bond acceptors (Lipinski definition) is 5. The van der Waals surface area contributed by atoms with Crippen LogP contribution in [0.5, 0.6) is 0 Å². The van der Waals surface area contributed by atoms with Gasteiger partial charge in [-0.3, -0.25) is 0 Å². The van der Waals surface area contributed by atoms with Gasteiger partial charge in [-0.1, -0.05) is 0 Å². The van der Waals surface area contributed by atoms with Crippen molar-refractivity contribution in [3.05, 3.63) is 35.9 Å². The van der Waals surface area contributed by atoms with Crippen LogP contribution in [0, 0.1) is 0 Å². The normalized spacial score (nSPS) is 21.3. The van der Waals surface area contributed by atoms with E-state index in [-0.39, 0.29) is 17.4 Å². The molecule has 0 amide bonds. The Morgan fingerprint density at radius 3 is 2.95 bits per heavy atom. The molecule has 0 aromatic carbocycles. The molecule has 0 bridgehead atoms. The van der Waals surface area contributed by atoms with Crippen molar-refractivity contribution in [3.63, 3.8) is 0 Å². The minimum Gasteiger partial charge on any atom is -0.465 e. The number of nitrogens with zero attached hydrogens (tertiary/aromatic N) is 2. The molecule has 0 radical (unpaired) electrons. The van der Waals surface area contributed by atoms with Gasteiger partial charge >= 0.3 is 5.97 Å². The molecular formula is C14H16N2O4S. The molecule has 1 atom stereocenters. The number of carbonyl (C=O) groups is 1. The number of sulfone groups is 1. The van der Waals surface area contributed by atoms with Crippen LogP contribution in [0.2, 0.25) is 0 Å². The van der Waals surface area contributed by atoms with Crippen LogP contribution in [0.4, 0.5) is 0 Å². The highest BCUT2D eigenvalue weighted by Crippen LogP contribution is 2.28. The summed E-state index contributed by atoms with van der Waals surface area (Å²) in [5.74, 6) is 0.514. The van der Waals surface area contributed by atoms with Crippen molar-refractivity contribution in [3.8, 4) is 0 Å². The van der Waals surface area contributed by atoms with Crippen molar-refractivity contribution in [2.45, 2.75) is 18.8 Å². The Balaban J connectivity index is 2.04. The minimum atomic E-state index is -3.00. The lowest BCUT2D eigenvalue weighted by atomic mass is 10.0. The van der Waals surface area contributed by atoms with Gasteiger partial charge in [0.2, 0.25) is 0 Å². The van der Waals surface area contributed by atoms with Crippen LogP contribution in [0.3, 0.4) is 0 Å². The predicted octanol–water partition coefficient (Wildman–Crippen LogP) is 1.41. The first-order valence-electron chi connectivity index (χ1n) is 6.76. The molecule has 1 fully saturated rings. The molecule has 0 aliphatic carbocycles. The number of carbonyl (C=O) groups excluding carboxylic acids is 1. The zero-order valence-corrected chi connectivity index (χ0v) is 12.5. The lowest BCUT2D eigenvalue weighted by Crippen LogP contribution is -2.25. The molecule has 2 aromatic heterocycles. The second kappa shape index (κ2) is 5.14. The number of fused-ring (bicyclic) bond motifs is 1. The monoisotopic (exact) mass is 308 g/mol. The Morgan fingerprint density at radius 2 is 2.24 bits per heavy atom. The Morgan fingerprint density at radius 1 is 1.43 bits per heavy atom. The number of methoxy groups -OCH3 is 1. The van der Waals surface area contributed by atoms with E-state index in [0.717, 1.165) is 11.9 Å². The maximum absolute atomic E-state index is 11.8. The van der Waals surface area contributed by atoms with E-state index in [0.29, 0.717) is 17.8 Å². The second-order valence-corrected chi connectivity index (χ2v) is 7.50. The first-order valence-corrected chi connectivity index (χ1v) is 8.58. The third-order valence-electron chi connectivity index (χ3n) is 3.81. The highest BCUT2D eigenvalue weighted by Gasteiger charge is 2.28. The molecular weight excluding hydrogens is 292 g/mol. The summed E-state index contributed by atoms with van der Waals surface area (Å²) in [5.41, 5.74) is 1.25. The largest absolute Gasteiger partial charge is 0.465 e. The molecule has 1 aliphatic rings. The molecule has 7 heteroatoms. The van der Waals surface area contributed by atoms with Gasteiger partial charge in [0.15, 0.2) is 9.84 Å². The molecule has 0 saturated carbocycles. The van der Waals surface area contributed by atoms with E-state index in [1.807, 2.05) is 0 Å². The molecule has 1 unspecified atom stereocenters. The van der Waals surface area contributed by atoms with Gasteiger partial charge in [-0.05, 0) is 25.0 Å². The van der Waals surface area contributed by atoms with Gasteiger partial charge in [0, 0.05) is 12.1 Å². The molecule has 3 rings (SSSR count). The first-order chi connectivity index (χ1) is 10.00. The van der Waals surface area contributed by atoms with Crippen LogP contribution in [0.25, 0.3) is 5.52 Å². The van der Waals surface area contributed by atoms with Crippen LogP contribution in [0.1, 0.15) is 34.9 Å². The number of imidazole rings is 1. The molecule has 112 valence electrons. The van der Waals surface area contributed by atoms with Crippen molar-refractivity contribution < 1.29 is 17.9 Å². The van der Waals surface area contributed by atoms with Crippen LogP contribution in [-0.4, -0.2) is 42.4 Å². The van der Waals surface area contributed by atoms with E-state index in [2.05, 4.69) is 4.98 Å². The zero-order valence-electron chi connectivity index (χ0n) is 11.7. The Bertz CT molecular complexity index is 794. The summed E-state index contributed by atoms with van der Waals surface area (Å²) < 4.78 is 30.1. The van der Waals surface area contributed by atoms with E-state index < -0.39 is 15.8 Å². The third-order valence-corrected chi connectivity index (χ3v) is 5.63. The minimum absolute atomic E-state index is 0.120. The number of pyridine rings is 1. The summed E-state index contributed by atoms with van der Waals surface area (Å²) in [7, 11) is -1.67. The molecule has 0 N–H and O–H groups in total. The van der Waals surface area contributed by atoms with Crippen LogP contribution >= 0.6 is 0 Å². The fourth-order valence-electron chi connectivity index (χ4n) is 2.78. The maximum atomic E-state index is 11.8. The predicted molar refractivity (Wildman–Crippen MR) is 77.2 cm³/mol. The van der Waals surface area contributed by atoms with E-state index in [4.69, 9.17) is 4.74 Å². The smallest absolute Gasteiger partial charge is 0.339 e. The number of aromatic nitrogens is 2. The molecule has 2 aromatic rings. The Labute approximate surface area is 122 Å². The van der Waals surface area contributed by atoms with Crippen molar-refractivity contribution in [1.82, 2.24) is 9.38 Å². The van der Waals surface area contributed by atoms with Crippen LogP contribution < -0.4 is 0 Å². The fourth-order valence-corrected chi connectivity index (χ4v) is 4.48. The number of ether oxygens (including phenoxy) is 1. The van der Waals surface area contributed by atoms with Crippen molar-refractivity contribution >= 4 is 21.3 Å². The van der Waals surface area contributed by atoms with Crippen LogP contribution in [-0.2, 0) is 14.6 Å². The van der Waals surface area contributed by atoms with E-state index in [9.17, 15) is 13.2 Å². The van der Waals surface area contributed by atoms with Gasteiger partial charge in [-0.2, -0.15) is 0 Å². The molecule has 1 aliphatic heterocycles. The number of rotatable bonds is 2. The SMILES string of the molecule is COC(=O)c1ccc2cnc(C3CCCS(=O)(=O)C3)n2c1. The molecule has 21 heavy (non-hydrogen) atoms. The van der Waals surface area contributed by atoms with E-state index >= 15 is 0 Å². The van der Waals surface area contributed by atoms with Crippen LogP contribution in [0.15, 0.2) is 24.5 Å². The summed E-state index contributed by atoms with van der Waals surface area (Å²) in [6.45, 7) is 0. The summed E-state index contributed by atoms with van der Waals surface area (Å²) in [6.07, 6.45) is 4.79. The van der Waals surface area contributed by atoms with Crippen molar-refractivity contribution in [2.75, 3.05) is 18.6 Å². The number of esters is 1. The topological polar surface area (TPSA) is 77.7 Å². The standard InChI is InChI=1S/C14H16N2O4S/c1-20-14(17)10-4-5-12-7-15-13(16(12)8-10)11-3-2-6-21(18,19)9-11/h4-5,7-8,11H,2-3,6,9H2,1H3. The maximum Gasteiger partial charge on any atom is 0.339 e. The lowest BCUT2D eigenvalue weighted by molar-refractivity contribution is 0.0600. The average Bonchev–Trinajstić information content (AvgIpc) is 2.88. The second-order valence-electron chi connectivity index (χ2n) is 5.27. The molecule has 0 spiro atoms. The fraction of sp³-hybridized carbons (Fsp3) is 0.429. The molecule has 3 heterocycles. The van der Waals surface area contributed by atoms with Gasteiger partial charge < -0.3 is 9.14 Å². The average molecular weight is 308 g/mol. The van der Waals surface area contributed by atoms with E-state index in [1.54, 1.807) is 28.9 Å². The van der Waals surface area contributed by atoms with Gasteiger partial charge in [-0.25, -0.2) is 18.2 Å². The van der Waals surface area contributed by atoms with Gasteiger partial charge in [0.05, 0.1) is 35.9 Å². The van der Waals surface area contributed by atoms with Crippen molar-refractivity contribution in [2.24, 2.45) is 0 Å². The summed E-state index contributed by atoms with van der Waals surface area (Å²) in [6, 6.07) is 3.45. The highest BCUT2D eigenvalue weighted by atomic mass is 32.2. The zero-order chi connectivity index (χ0) is 15.0. The summed E-state index contributed by atoms with van der Waals surface area (Å²) >= 11 is 0. The first kappa shape index (κ1) is 14.1. The molecule has 6 nitrogen and oxygen atoms in total. The Hall–Kier alpha value is -1.89. The summed E-state index contributed by atoms with van der Waals surface area (Å²) in [5, 5.41) is 0. The quantitative estimate of drug-likeness (QED) is 0.784. The van der Waals surface area contributed by atoms with Gasteiger partial charge in [0.1, 0.15) is 5.82 Å². The summed E-state index contributed by atoms with van der Waals surface area (Å²) in [4.78, 5) is 16.0. The third kappa shape index (κ3) is 2.65. The Kier molecular flexibility index (Phi) is 3.44. The molecule has 1 saturated heterocycles. The van der Waals surface area contributed by atoms with Gasteiger partial charge in [0.25, 0.3) is 0 Å².